The third-order valence-electron chi connectivity index (χ3n) is 4.69. The zero-order valence-corrected chi connectivity index (χ0v) is 16.1. The molecule has 3 aromatic rings. The predicted octanol–water partition coefficient (Wildman–Crippen LogP) is 0.806. The van der Waals surface area contributed by atoms with Crippen LogP contribution in [-0.4, -0.2) is 35.3 Å². The molecule has 0 fully saturated rings. The Morgan fingerprint density at radius 1 is 1.21 bits per heavy atom. The number of aryl methyl sites for hydroxylation is 1. The summed E-state index contributed by atoms with van der Waals surface area (Å²) in [4.78, 5) is 45.5. The van der Waals surface area contributed by atoms with Crippen LogP contribution in [0, 0.1) is 5.41 Å². The molecule has 3 aromatic heterocycles. The minimum atomic E-state index is -0.759. The molecular weight excluding hydrogens is 362 g/mol. The first-order valence-electron chi connectivity index (χ1n) is 8.73. The first-order valence-corrected chi connectivity index (χ1v) is 8.73. The molecule has 28 heavy (non-hydrogen) atoms. The fraction of sp³-hybridized carbons (Fsp3) is 0.333. The number of amides is 1. The van der Waals surface area contributed by atoms with Gasteiger partial charge in [-0.2, -0.15) is 0 Å². The van der Waals surface area contributed by atoms with Crippen molar-refractivity contribution < 1.29 is 4.79 Å². The van der Waals surface area contributed by atoms with Crippen molar-refractivity contribution in [1.82, 2.24) is 23.7 Å². The van der Waals surface area contributed by atoms with Crippen molar-refractivity contribution in [1.29, 1.82) is 5.41 Å². The monoisotopic (exact) mass is 383 g/mol. The Balaban J connectivity index is 1.91. The minimum Gasteiger partial charge on any atom is -0.312 e. The van der Waals surface area contributed by atoms with Crippen molar-refractivity contribution in [3.63, 3.8) is 0 Å². The molecule has 3 rings (SSSR count). The van der Waals surface area contributed by atoms with Crippen LogP contribution in [-0.2, 0) is 18.9 Å². The van der Waals surface area contributed by atoms with Gasteiger partial charge >= 0.3 is 5.69 Å². The molecule has 2 N–H and O–H groups in total. The number of carbonyl (C=O) groups excluding carboxylic acids is 1. The van der Waals surface area contributed by atoms with Gasteiger partial charge in [-0.25, -0.2) is 14.8 Å². The van der Waals surface area contributed by atoms with Crippen LogP contribution in [0.1, 0.15) is 31.9 Å². The second kappa shape index (κ2) is 7.22. The van der Waals surface area contributed by atoms with Gasteiger partial charge in [0, 0.05) is 31.6 Å². The number of hydrogen-bond donors (Lipinski definition) is 2. The van der Waals surface area contributed by atoms with Gasteiger partial charge in [0.1, 0.15) is 11.9 Å². The van der Waals surface area contributed by atoms with Gasteiger partial charge < -0.3 is 15.3 Å². The van der Waals surface area contributed by atoms with Gasteiger partial charge in [0.25, 0.3) is 5.56 Å². The highest BCUT2D eigenvalue weighted by Crippen LogP contribution is 2.15. The van der Waals surface area contributed by atoms with Crippen LogP contribution in [0.5, 0.6) is 0 Å². The summed E-state index contributed by atoms with van der Waals surface area (Å²) >= 11 is 0. The number of nitrogens with one attached hydrogen (secondary N) is 2. The normalized spacial score (nSPS) is 12.1. The molecule has 0 aliphatic rings. The second-order valence-electron chi connectivity index (χ2n) is 6.46. The average molecular weight is 383 g/mol. The van der Waals surface area contributed by atoms with Gasteiger partial charge in [-0.05, 0) is 25.5 Å². The molecule has 3 heterocycles. The van der Waals surface area contributed by atoms with Crippen LogP contribution in [0.4, 0.5) is 5.82 Å². The summed E-state index contributed by atoms with van der Waals surface area (Å²) in [5.41, 5.74) is 0.543. The van der Waals surface area contributed by atoms with Crippen LogP contribution >= 0.6 is 0 Å². The van der Waals surface area contributed by atoms with E-state index >= 15 is 0 Å². The van der Waals surface area contributed by atoms with Crippen molar-refractivity contribution in [3.05, 3.63) is 51.1 Å². The fourth-order valence-electron chi connectivity index (χ4n) is 2.87. The number of anilines is 1. The summed E-state index contributed by atoms with van der Waals surface area (Å²) in [5.74, 6) is -0.0461. The third-order valence-corrected chi connectivity index (χ3v) is 4.69. The Kier molecular flexibility index (Phi) is 4.95. The zero-order valence-electron chi connectivity index (χ0n) is 16.1. The molecule has 0 bridgehead atoms. The molecule has 0 saturated carbocycles. The Morgan fingerprint density at radius 2 is 1.93 bits per heavy atom. The summed E-state index contributed by atoms with van der Waals surface area (Å²) in [6.45, 7) is 3.51. The molecule has 0 spiro atoms. The first kappa shape index (κ1) is 19.2. The van der Waals surface area contributed by atoms with E-state index in [0.717, 1.165) is 4.57 Å². The highest BCUT2D eigenvalue weighted by atomic mass is 16.2. The van der Waals surface area contributed by atoms with Crippen molar-refractivity contribution in [2.75, 3.05) is 5.32 Å². The van der Waals surface area contributed by atoms with E-state index in [-0.39, 0.29) is 17.1 Å². The maximum atomic E-state index is 12.7. The standard InChI is InChI=1S/C18H21N7O3/c1-5-12(19)11-6-7-13(20-8-11)22-16(26)10(2)25-9-21-15-14(25)17(27)24(4)18(28)23(15)3/h6-10,19H,5H2,1-4H3,(H,20,22,26). The molecule has 10 heteroatoms. The maximum Gasteiger partial charge on any atom is 0.332 e. The van der Waals surface area contributed by atoms with Crippen LogP contribution in [0.15, 0.2) is 34.2 Å². The lowest BCUT2D eigenvalue weighted by molar-refractivity contribution is -0.118. The molecule has 0 aliphatic heterocycles. The van der Waals surface area contributed by atoms with Crippen LogP contribution in [0.3, 0.4) is 0 Å². The Morgan fingerprint density at radius 3 is 2.54 bits per heavy atom. The lowest BCUT2D eigenvalue weighted by Gasteiger charge is -2.14. The molecule has 10 nitrogen and oxygen atoms in total. The summed E-state index contributed by atoms with van der Waals surface area (Å²) in [6, 6.07) is 2.58. The molecule has 1 atom stereocenters. The summed E-state index contributed by atoms with van der Waals surface area (Å²) < 4.78 is 3.68. The minimum absolute atomic E-state index is 0.173. The number of pyridine rings is 1. The summed E-state index contributed by atoms with van der Waals surface area (Å²) in [6.07, 6.45) is 3.49. The molecule has 0 radical (unpaired) electrons. The molecule has 0 aliphatic carbocycles. The quantitative estimate of drug-likeness (QED) is 0.630. The Hall–Kier alpha value is -3.56. The number of nitrogens with zero attached hydrogens (tertiary/aromatic N) is 5. The van der Waals surface area contributed by atoms with Gasteiger partial charge in [0.15, 0.2) is 11.2 Å². The van der Waals surface area contributed by atoms with Gasteiger partial charge in [-0.1, -0.05) is 6.92 Å². The van der Waals surface area contributed by atoms with E-state index in [1.165, 1.54) is 35.8 Å². The molecular formula is C18H21N7O3. The van der Waals surface area contributed by atoms with Crippen molar-refractivity contribution in [3.8, 4) is 0 Å². The van der Waals surface area contributed by atoms with E-state index in [1.807, 2.05) is 6.92 Å². The Labute approximate surface area is 160 Å². The van der Waals surface area contributed by atoms with Crippen LogP contribution in [0.25, 0.3) is 11.2 Å². The van der Waals surface area contributed by atoms with Gasteiger partial charge in [-0.15, -0.1) is 0 Å². The molecule has 1 unspecified atom stereocenters. The van der Waals surface area contributed by atoms with E-state index in [2.05, 4.69) is 15.3 Å². The van der Waals surface area contributed by atoms with E-state index in [9.17, 15) is 14.4 Å². The summed E-state index contributed by atoms with van der Waals surface area (Å²) in [7, 11) is 2.90. The van der Waals surface area contributed by atoms with E-state index in [4.69, 9.17) is 5.41 Å². The number of rotatable bonds is 5. The number of aromatic nitrogens is 5. The number of carbonyl (C=O) groups is 1. The molecule has 146 valence electrons. The maximum absolute atomic E-state index is 12.7. The highest BCUT2D eigenvalue weighted by Gasteiger charge is 2.22. The third kappa shape index (κ3) is 3.13. The summed E-state index contributed by atoms with van der Waals surface area (Å²) in [5, 5.41) is 10.5. The van der Waals surface area contributed by atoms with Gasteiger partial charge in [-0.3, -0.25) is 18.7 Å². The lowest BCUT2D eigenvalue weighted by atomic mass is 10.1. The smallest absolute Gasteiger partial charge is 0.312 e. The molecule has 0 saturated heterocycles. The zero-order chi connectivity index (χ0) is 20.6. The predicted molar refractivity (Wildman–Crippen MR) is 105 cm³/mol. The number of imidazole rings is 1. The first-order chi connectivity index (χ1) is 13.3. The van der Waals surface area contributed by atoms with E-state index in [1.54, 1.807) is 19.1 Å². The van der Waals surface area contributed by atoms with Crippen LogP contribution in [0.2, 0.25) is 0 Å². The van der Waals surface area contributed by atoms with Gasteiger partial charge in [0.05, 0.1) is 6.33 Å². The molecule has 1 amide bonds. The lowest BCUT2D eigenvalue weighted by Crippen LogP contribution is -2.38. The fourth-order valence-corrected chi connectivity index (χ4v) is 2.87. The highest BCUT2D eigenvalue weighted by molar-refractivity contribution is 5.98. The average Bonchev–Trinajstić information content (AvgIpc) is 3.15. The van der Waals surface area contributed by atoms with Crippen molar-refractivity contribution in [2.24, 2.45) is 14.1 Å². The SMILES string of the molecule is CCC(=N)c1ccc(NC(=O)C(C)n2cnc3c2c(=O)n(C)c(=O)n3C)nc1. The van der Waals surface area contributed by atoms with Crippen molar-refractivity contribution >= 4 is 28.6 Å². The number of fused-ring (bicyclic) bond motifs is 1. The van der Waals surface area contributed by atoms with Crippen LogP contribution < -0.4 is 16.6 Å². The largest absolute Gasteiger partial charge is 0.332 e. The topological polar surface area (TPSA) is 128 Å². The second-order valence-corrected chi connectivity index (χ2v) is 6.46. The van der Waals surface area contributed by atoms with E-state index < -0.39 is 17.3 Å². The number of hydrogen-bond acceptors (Lipinski definition) is 6. The Bertz CT molecular complexity index is 1180. The van der Waals surface area contributed by atoms with E-state index in [0.29, 0.717) is 23.5 Å². The van der Waals surface area contributed by atoms with Gasteiger partial charge in [0.2, 0.25) is 5.91 Å². The molecule has 0 aromatic carbocycles. The van der Waals surface area contributed by atoms with Crippen molar-refractivity contribution in [2.45, 2.75) is 26.3 Å².